The van der Waals surface area contributed by atoms with Crippen molar-refractivity contribution >= 4 is 5.91 Å². The van der Waals surface area contributed by atoms with Crippen molar-refractivity contribution in [3.63, 3.8) is 0 Å². The summed E-state index contributed by atoms with van der Waals surface area (Å²) in [6.45, 7) is 6.21. The number of hydrogen-bond donors (Lipinski definition) is 0. The second kappa shape index (κ2) is 10.5. The van der Waals surface area contributed by atoms with Crippen molar-refractivity contribution < 1.29 is 14.3 Å². The molecule has 7 heteroatoms. The number of carbonyl (C=O) groups is 1. The third-order valence-electron chi connectivity index (χ3n) is 6.24. The van der Waals surface area contributed by atoms with Gasteiger partial charge >= 0.3 is 0 Å². The van der Waals surface area contributed by atoms with Crippen LogP contribution < -0.4 is 15.0 Å². The molecular formula is C24H33N3O4. The van der Waals surface area contributed by atoms with Crippen LogP contribution in [0.5, 0.6) is 11.5 Å². The number of likely N-dealkylation sites (tertiary alicyclic amines) is 1. The van der Waals surface area contributed by atoms with Crippen LogP contribution in [-0.4, -0.2) is 47.9 Å². The molecule has 1 amide bonds. The summed E-state index contributed by atoms with van der Waals surface area (Å²) in [5.74, 6) is 1.99. The number of rotatable bonds is 8. The fourth-order valence-electron chi connectivity index (χ4n) is 4.21. The number of amides is 1. The van der Waals surface area contributed by atoms with Crippen molar-refractivity contribution in [1.82, 2.24) is 14.7 Å². The highest BCUT2D eigenvalue weighted by Crippen LogP contribution is 2.31. The van der Waals surface area contributed by atoms with Crippen LogP contribution >= 0.6 is 0 Å². The third-order valence-corrected chi connectivity index (χ3v) is 6.24. The summed E-state index contributed by atoms with van der Waals surface area (Å²) >= 11 is 0. The Morgan fingerprint density at radius 3 is 2.35 bits per heavy atom. The highest BCUT2D eigenvalue weighted by Gasteiger charge is 2.27. The second-order valence-electron chi connectivity index (χ2n) is 8.09. The smallest absolute Gasteiger partial charge is 0.266 e. The molecule has 0 aliphatic carbocycles. The lowest BCUT2D eigenvalue weighted by molar-refractivity contribution is -0.137. The predicted molar refractivity (Wildman–Crippen MR) is 120 cm³/mol. The minimum absolute atomic E-state index is 0.111. The van der Waals surface area contributed by atoms with Crippen molar-refractivity contribution in [2.75, 3.05) is 27.3 Å². The van der Waals surface area contributed by atoms with Crippen LogP contribution in [-0.2, 0) is 11.3 Å². The zero-order valence-electron chi connectivity index (χ0n) is 19.0. The highest BCUT2D eigenvalue weighted by atomic mass is 16.5. The molecule has 168 valence electrons. The van der Waals surface area contributed by atoms with E-state index in [9.17, 15) is 9.59 Å². The monoisotopic (exact) mass is 427 g/mol. The number of benzene rings is 1. The average molecular weight is 428 g/mol. The Kier molecular flexibility index (Phi) is 7.71. The quantitative estimate of drug-likeness (QED) is 0.644. The third kappa shape index (κ3) is 5.27. The van der Waals surface area contributed by atoms with Crippen LogP contribution in [0.15, 0.2) is 35.1 Å². The molecule has 0 N–H and O–H groups in total. The molecule has 1 aliphatic rings. The Morgan fingerprint density at radius 2 is 1.74 bits per heavy atom. The highest BCUT2D eigenvalue weighted by molar-refractivity contribution is 5.78. The first-order valence-corrected chi connectivity index (χ1v) is 11.1. The molecule has 1 aromatic carbocycles. The van der Waals surface area contributed by atoms with Crippen molar-refractivity contribution in [3.05, 3.63) is 40.7 Å². The summed E-state index contributed by atoms with van der Waals surface area (Å²) in [4.78, 5) is 27.0. The summed E-state index contributed by atoms with van der Waals surface area (Å²) in [5, 5.41) is 4.60. The van der Waals surface area contributed by atoms with Gasteiger partial charge in [0.2, 0.25) is 5.91 Å². The normalized spacial score (nSPS) is 14.7. The van der Waals surface area contributed by atoms with E-state index in [0.717, 1.165) is 44.3 Å². The van der Waals surface area contributed by atoms with Gasteiger partial charge in [0.25, 0.3) is 5.56 Å². The number of carbonyl (C=O) groups excluding carboxylic acids is 1. The van der Waals surface area contributed by atoms with E-state index in [1.54, 1.807) is 31.0 Å². The lowest BCUT2D eigenvalue weighted by Crippen LogP contribution is -2.42. The molecule has 0 radical (unpaired) electrons. The van der Waals surface area contributed by atoms with Gasteiger partial charge in [-0.1, -0.05) is 13.8 Å². The first kappa shape index (κ1) is 22.8. The molecule has 1 aliphatic heterocycles. The Balaban J connectivity index is 1.70. The van der Waals surface area contributed by atoms with Crippen LogP contribution in [0.25, 0.3) is 11.3 Å². The second-order valence-corrected chi connectivity index (χ2v) is 8.09. The van der Waals surface area contributed by atoms with Crippen molar-refractivity contribution in [3.8, 4) is 22.8 Å². The molecule has 7 nitrogen and oxygen atoms in total. The van der Waals surface area contributed by atoms with Gasteiger partial charge in [0.05, 0.1) is 19.9 Å². The van der Waals surface area contributed by atoms with E-state index in [0.29, 0.717) is 29.7 Å². The van der Waals surface area contributed by atoms with Crippen molar-refractivity contribution in [2.24, 2.45) is 11.8 Å². The van der Waals surface area contributed by atoms with Gasteiger partial charge in [0.1, 0.15) is 0 Å². The van der Waals surface area contributed by atoms with Crippen LogP contribution in [0.1, 0.15) is 39.5 Å². The van der Waals surface area contributed by atoms with Gasteiger partial charge < -0.3 is 14.4 Å². The minimum Gasteiger partial charge on any atom is -0.493 e. The van der Waals surface area contributed by atoms with E-state index in [-0.39, 0.29) is 17.4 Å². The lowest BCUT2D eigenvalue weighted by atomic mass is 9.94. The summed E-state index contributed by atoms with van der Waals surface area (Å²) in [5.41, 5.74) is 1.46. The molecule has 0 spiro atoms. The first-order chi connectivity index (χ1) is 15.0. The van der Waals surface area contributed by atoms with Gasteiger partial charge in [-0.3, -0.25) is 9.59 Å². The van der Waals surface area contributed by atoms with Crippen molar-refractivity contribution in [1.29, 1.82) is 0 Å². The number of nitrogens with zero attached hydrogens (tertiary/aromatic N) is 3. The number of methoxy groups -OCH3 is 2. The maximum absolute atomic E-state index is 12.6. The molecule has 1 saturated heterocycles. The number of hydrogen-bond acceptors (Lipinski definition) is 5. The standard InChI is InChI=1S/C24H33N3O4/c1-5-18(6-2)24(29)26-13-11-17(12-14-26)16-27-23(28)10-8-20(25-27)19-7-9-21(30-3)22(15-19)31-4/h7-10,15,17-18H,5-6,11-14,16H2,1-4H3. The van der Waals surface area contributed by atoms with Gasteiger partial charge in [0, 0.05) is 37.2 Å². The molecule has 1 fully saturated rings. The summed E-state index contributed by atoms with van der Waals surface area (Å²) in [6.07, 6.45) is 3.55. The van der Waals surface area contributed by atoms with Crippen LogP contribution in [0, 0.1) is 11.8 Å². The minimum atomic E-state index is -0.111. The van der Waals surface area contributed by atoms with Gasteiger partial charge in [-0.2, -0.15) is 5.10 Å². The SMILES string of the molecule is CCC(CC)C(=O)N1CCC(Cn2nc(-c3ccc(OC)c(OC)c3)ccc2=O)CC1. The Labute approximate surface area is 184 Å². The maximum Gasteiger partial charge on any atom is 0.266 e. The van der Waals surface area contributed by atoms with Crippen LogP contribution in [0.2, 0.25) is 0 Å². The van der Waals surface area contributed by atoms with Gasteiger partial charge in [-0.15, -0.1) is 0 Å². The van der Waals surface area contributed by atoms with E-state index in [1.807, 2.05) is 23.1 Å². The maximum atomic E-state index is 12.6. The van der Waals surface area contributed by atoms with Crippen LogP contribution in [0.4, 0.5) is 0 Å². The topological polar surface area (TPSA) is 73.7 Å². The number of piperidine rings is 1. The predicted octanol–water partition coefficient (Wildman–Crippen LogP) is 3.60. The fraction of sp³-hybridized carbons (Fsp3) is 0.542. The average Bonchev–Trinajstić information content (AvgIpc) is 2.81. The zero-order valence-corrected chi connectivity index (χ0v) is 19.0. The summed E-state index contributed by atoms with van der Waals surface area (Å²) in [6, 6.07) is 8.89. The summed E-state index contributed by atoms with van der Waals surface area (Å²) in [7, 11) is 3.19. The van der Waals surface area contributed by atoms with E-state index in [2.05, 4.69) is 18.9 Å². The first-order valence-electron chi connectivity index (χ1n) is 11.1. The van der Waals surface area contributed by atoms with E-state index in [1.165, 1.54) is 0 Å². The number of aromatic nitrogens is 2. The fourth-order valence-corrected chi connectivity index (χ4v) is 4.21. The van der Waals surface area contributed by atoms with Crippen molar-refractivity contribution in [2.45, 2.75) is 46.1 Å². The van der Waals surface area contributed by atoms with E-state index in [4.69, 9.17) is 9.47 Å². The molecule has 0 unspecified atom stereocenters. The molecule has 0 saturated carbocycles. The molecule has 2 heterocycles. The van der Waals surface area contributed by atoms with E-state index >= 15 is 0 Å². The van der Waals surface area contributed by atoms with Crippen LogP contribution in [0.3, 0.4) is 0 Å². The largest absolute Gasteiger partial charge is 0.493 e. The Morgan fingerprint density at radius 1 is 1.06 bits per heavy atom. The van der Waals surface area contributed by atoms with Gasteiger partial charge in [-0.25, -0.2) is 4.68 Å². The molecule has 1 aromatic heterocycles. The summed E-state index contributed by atoms with van der Waals surface area (Å²) < 4.78 is 12.2. The Bertz CT molecular complexity index is 944. The molecule has 0 bridgehead atoms. The molecule has 31 heavy (non-hydrogen) atoms. The van der Waals surface area contributed by atoms with Gasteiger partial charge in [-0.05, 0) is 55.9 Å². The number of ether oxygens (including phenoxy) is 2. The van der Waals surface area contributed by atoms with Gasteiger partial charge in [0.15, 0.2) is 11.5 Å². The van der Waals surface area contributed by atoms with E-state index < -0.39 is 0 Å². The molecular weight excluding hydrogens is 394 g/mol. The molecule has 0 atom stereocenters. The molecule has 3 rings (SSSR count). The Hall–Kier alpha value is -2.83. The molecule has 2 aromatic rings. The lowest BCUT2D eigenvalue weighted by Gasteiger charge is -2.34. The zero-order chi connectivity index (χ0) is 22.4.